The second-order valence-electron chi connectivity index (χ2n) is 7.38. The van der Waals surface area contributed by atoms with E-state index in [-0.39, 0.29) is 5.91 Å². The zero-order chi connectivity index (χ0) is 20.9. The summed E-state index contributed by atoms with van der Waals surface area (Å²) in [6.45, 7) is 6.99. The Morgan fingerprint density at radius 1 is 1.17 bits per heavy atom. The quantitative estimate of drug-likeness (QED) is 0.613. The highest BCUT2D eigenvalue weighted by Gasteiger charge is 2.23. The Labute approximate surface area is 175 Å². The van der Waals surface area contributed by atoms with Crippen molar-refractivity contribution in [3.8, 4) is 11.4 Å². The van der Waals surface area contributed by atoms with Crippen LogP contribution in [0.2, 0.25) is 0 Å². The summed E-state index contributed by atoms with van der Waals surface area (Å²) in [5.74, 6) is 2.20. The number of amides is 1. The first-order chi connectivity index (χ1) is 14.6. The van der Waals surface area contributed by atoms with Gasteiger partial charge in [-0.25, -0.2) is 9.97 Å². The van der Waals surface area contributed by atoms with Gasteiger partial charge in [0.05, 0.1) is 0 Å². The molecule has 1 aliphatic rings. The van der Waals surface area contributed by atoms with Gasteiger partial charge in [-0.1, -0.05) is 5.16 Å². The molecule has 1 amide bonds. The average Bonchev–Trinajstić information content (AvgIpc) is 3.25. The molecule has 4 heterocycles. The second kappa shape index (κ2) is 8.98. The molecule has 4 rings (SSSR count). The lowest BCUT2D eigenvalue weighted by molar-refractivity contribution is -0.131. The molecule has 0 radical (unpaired) electrons. The summed E-state index contributed by atoms with van der Waals surface area (Å²) >= 11 is 0. The normalized spacial score (nSPS) is 14.2. The highest BCUT2D eigenvalue weighted by molar-refractivity contribution is 5.76. The molecule has 3 aromatic heterocycles. The maximum Gasteiger partial charge on any atom is 0.226 e. The Morgan fingerprint density at radius 2 is 2.00 bits per heavy atom. The fraction of sp³-hybridized carbons (Fsp3) is 0.429. The van der Waals surface area contributed by atoms with Gasteiger partial charge in [0.15, 0.2) is 0 Å². The second-order valence-corrected chi connectivity index (χ2v) is 7.38. The van der Waals surface area contributed by atoms with Crippen LogP contribution >= 0.6 is 0 Å². The topological polar surface area (TPSA) is 101 Å². The largest absolute Gasteiger partial charge is 0.353 e. The van der Waals surface area contributed by atoms with Crippen LogP contribution in [0.1, 0.15) is 30.0 Å². The fourth-order valence-electron chi connectivity index (χ4n) is 3.53. The summed E-state index contributed by atoms with van der Waals surface area (Å²) in [4.78, 5) is 33.8. The first-order valence-electron chi connectivity index (χ1n) is 10.2. The van der Waals surface area contributed by atoms with Crippen molar-refractivity contribution in [3.63, 3.8) is 0 Å². The Bertz CT molecular complexity index is 998. The Hall–Kier alpha value is -3.36. The maximum absolute atomic E-state index is 12.6. The van der Waals surface area contributed by atoms with Gasteiger partial charge < -0.3 is 14.3 Å². The molecule has 0 aliphatic carbocycles. The van der Waals surface area contributed by atoms with Crippen molar-refractivity contribution in [2.75, 3.05) is 31.1 Å². The van der Waals surface area contributed by atoms with Crippen molar-refractivity contribution in [1.82, 2.24) is 30.0 Å². The molecule has 0 saturated carbocycles. The van der Waals surface area contributed by atoms with Gasteiger partial charge in [0.1, 0.15) is 12.1 Å². The van der Waals surface area contributed by atoms with Crippen molar-refractivity contribution in [2.45, 2.75) is 33.1 Å². The molecule has 0 bridgehead atoms. The molecule has 30 heavy (non-hydrogen) atoms. The lowest BCUT2D eigenvalue weighted by Crippen LogP contribution is -2.49. The zero-order valence-corrected chi connectivity index (χ0v) is 17.3. The van der Waals surface area contributed by atoms with E-state index in [0.717, 1.165) is 35.7 Å². The minimum Gasteiger partial charge on any atom is -0.353 e. The van der Waals surface area contributed by atoms with E-state index in [1.807, 2.05) is 30.9 Å². The van der Waals surface area contributed by atoms with Crippen molar-refractivity contribution in [2.24, 2.45) is 0 Å². The van der Waals surface area contributed by atoms with Crippen molar-refractivity contribution < 1.29 is 9.32 Å². The highest BCUT2D eigenvalue weighted by atomic mass is 16.5. The van der Waals surface area contributed by atoms with E-state index < -0.39 is 0 Å². The standard InChI is InChI=1S/C21H25N7O2/c1-15-16(2)23-14-24-21(15)28-11-9-27(10-12-28)19(29)7-3-6-18-25-20(26-30-18)17-5-4-8-22-13-17/h4-5,8,13-14H,3,6-7,9-12H2,1-2H3. The van der Waals surface area contributed by atoms with Gasteiger partial charge >= 0.3 is 0 Å². The predicted molar refractivity (Wildman–Crippen MR) is 111 cm³/mol. The Morgan fingerprint density at radius 3 is 2.77 bits per heavy atom. The number of carbonyl (C=O) groups excluding carboxylic acids is 1. The number of hydrogen-bond donors (Lipinski definition) is 0. The summed E-state index contributed by atoms with van der Waals surface area (Å²) in [5.41, 5.74) is 2.91. The van der Waals surface area contributed by atoms with Gasteiger partial charge in [0, 0.05) is 68.2 Å². The predicted octanol–water partition coefficient (Wildman–Crippen LogP) is 2.21. The molecule has 0 unspecified atom stereocenters. The molecular formula is C21H25N7O2. The maximum atomic E-state index is 12.6. The van der Waals surface area contributed by atoms with Gasteiger partial charge in [-0.05, 0) is 32.4 Å². The van der Waals surface area contributed by atoms with Crippen molar-refractivity contribution in [3.05, 3.63) is 48.0 Å². The Balaban J connectivity index is 1.24. The molecule has 156 valence electrons. The minimum atomic E-state index is 0.164. The summed E-state index contributed by atoms with van der Waals surface area (Å²) in [5, 5.41) is 3.99. The molecule has 0 N–H and O–H groups in total. The third-order valence-electron chi connectivity index (χ3n) is 5.41. The number of aryl methyl sites for hydroxylation is 2. The van der Waals surface area contributed by atoms with Crippen LogP contribution in [0.25, 0.3) is 11.4 Å². The van der Waals surface area contributed by atoms with Gasteiger partial charge in [-0.15, -0.1) is 0 Å². The molecule has 1 fully saturated rings. The summed E-state index contributed by atoms with van der Waals surface area (Å²) in [7, 11) is 0. The van der Waals surface area contributed by atoms with Gasteiger partial charge in [0.25, 0.3) is 0 Å². The van der Waals surface area contributed by atoms with Crippen LogP contribution in [-0.2, 0) is 11.2 Å². The summed E-state index contributed by atoms with van der Waals surface area (Å²) < 4.78 is 5.30. The number of pyridine rings is 1. The lowest BCUT2D eigenvalue weighted by Gasteiger charge is -2.36. The van der Waals surface area contributed by atoms with E-state index in [2.05, 4.69) is 30.0 Å². The SMILES string of the molecule is Cc1ncnc(N2CCN(C(=O)CCCc3nc(-c4cccnc4)no3)CC2)c1C. The minimum absolute atomic E-state index is 0.164. The number of piperazine rings is 1. The van der Waals surface area contributed by atoms with Crippen molar-refractivity contribution >= 4 is 11.7 Å². The Kier molecular flexibility index (Phi) is 5.97. The van der Waals surface area contributed by atoms with E-state index in [1.54, 1.807) is 18.7 Å². The number of rotatable bonds is 6. The molecule has 3 aromatic rings. The first-order valence-corrected chi connectivity index (χ1v) is 10.2. The van der Waals surface area contributed by atoms with Crippen LogP contribution in [0, 0.1) is 13.8 Å². The third-order valence-corrected chi connectivity index (χ3v) is 5.41. The van der Waals surface area contributed by atoms with Crippen LogP contribution in [-0.4, -0.2) is 62.1 Å². The molecule has 1 saturated heterocycles. The van der Waals surface area contributed by atoms with E-state index in [9.17, 15) is 4.79 Å². The van der Waals surface area contributed by atoms with Gasteiger partial charge in [0.2, 0.25) is 17.6 Å². The monoisotopic (exact) mass is 407 g/mol. The molecule has 0 atom stereocenters. The molecule has 1 aliphatic heterocycles. The lowest BCUT2D eigenvalue weighted by atomic mass is 10.2. The number of nitrogens with zero attached hydrogens (tertiary/aromatic N) is 7. The van der Waals surface area contributed by atoms with Crippen LogP contribution in [0.15, 0.2) is 35.4 Å². The van der Waals surface area contributed by atoms with Crippen LogP contribution in [0.3, 0.4) is 0 Å². The zero-order valence-electron chi connectivity index (χ0n) is 17.3. The highest BCUT2D eigenvalue weighted by Crippen LogP contribution is 2.20. The molecular weight excluding hydrogens is 382 g/mol. The molecule has 9 nitrogen and oxygen atoms in total. The summed E-state index contributed by atoms with van der Waals surface area (Å²) in [6.07, 6.45) is 6.73. The number of hydrogen-bond acceptors (Lipinski definition) is 8. The van der Waals surface area contributed by atoms with E-state index in [1.165, 1.54) is 0 Å². The number of anilines is 1. The van der Waals surface area contributed by atoms with Crippen LogP contribution in [0.4, 0.5) is 5.82 Å². The summed E-state index contributed by atoms with van der Waals surface area (Å²) in [6, 6.07) is 3.71. The van der Waals surface area contributed by atoms with Crippen LogP contribution < -0.4 is 4.90 Å². The molecule has 9 heteroatoms. The third kappa shape index (κ3) is 4.45. The van der Waals surface area contributed by atoms with E-state index in [0.29, 0.717) is 44.1 Å². The smallest absolute Gasteiger partial charge is 0.226 e. The molecule has 0 spiro atoms. The number of carbonyl (C=O) groups is 1. The van der Waals surface area contributed by atoms with E-state index in [4.69, 9.17) is 4.52 Å². The number of aromatic nitrogens is 5. The fourth-order valence-corrected chi connectivity index (χ4v) is 3.53. The van der Waals surface area contributed by atoms with Crippen molar-refractivity contribution in [1.29, 1.82) is 0 Å². The molecule has 0 aromatic carbocycles. The van der Waals surface area contributed by atoms with Gasteiger partial charge in [-0.2, -0.15) is 4.98 Å². The van der Waals surface area contributed by atoms with Gasteiger partial charge in [-0.3, -0.25) is 9.78 Å². The average molecular weight is 407 g/mol. The van der Waals surface area contributed by atoms with Crippen LogP contribution in [0.5, 0.6) is 0 Å². The first kappa shape index (κ1) is 19.9. The van der Waals surface area contributed by atoms with E-state index >= 15 is 0 Å².